The third kappa shape index (κ3) is 2.21. The van der Waals surface area contributed by atoms with Gasteiger partial charge in [-0.25, -0.2) is 0 Å². The second kappa shape index (κ2) is 5.25. The number of nitrogens with two attached hydrogens (primary N) is 1. The van der Waals surface area contributed by atoms with Crippen LogP contribution < -0.4 is 5.73 Å². The first-order chi connectivity index (χ1) is 9.22. The molecule has 1 aliphatic carbocycles. The van der Waals surface area contributed by atoms with E-state index >= 15 is 0 Å². The maximum absolute atomic E-state index is 12.8. The summed E-state index contributed by atoms with van der Waals surface area (Å²) in [6.07, 6.45) is 5.09. The topological polar surface area (TPSA) is 46.3 Å². The Morgan fingerprint density at radius 3 is 3.05 bits per heavy atom. The zero-order valence-electron chi connectivity index (χ0n) is 11.5. The highest BCUT2D eigenvalue weighted by Gasteiger charge is 2.38. The van der Waals surface area contributed by atoms with Crippen molar-refractivity contribution < 1.29 is 4.79 Å². The van der Waals surface area contributed by atoms with Gasteiger partial charge >= 0.3 is 0 Å². The molecule has 19 heavy (non-hydrogen) atoms. The van der Waals surface area contributed by atoms with Crippen LogP contribution in [-0.4, -0.2) is 23.4 Å². The Bertz CT molecular complexity index is 470. The molecule has 1 aromatic heterocycles. The molecule has 0 bridgehead atoms. The van der Waals surface area contributed by atoms with Crippen molar-refractivity contribution in [1.82, 2.24) is 4.90 Å². The monoisotopic (exact) mass is 278 g/mol. The van der Waals surface area contributed by atoms with E-state index in [0.717, 1.165) is 38.6 Å². The first-order valence-electron chi connectivity index (χ1n) is 7.34. The van der Waals surface area contributed by atoms with Crippen LogP contribution in [0.4, 0.5) is 0 Å². The lowest BCUT2D eigenvalue weighted by Gasteiger charge is -2.37. The van der Waals surface area contributed by atoms with Gasteiger partial charge in [-0.15, -0.1) is 11.3 Å². The van der Waals surface area contributed by atoms with E-state index in [4.69, 9.17) is 5.73 Å². The fourth-order valence-electron chi connectivity index (χ4n) is 3.61. The van der Waals surface area contributed by atoms with Crippen LogP contribution >= 0.6 is 11.3 Å². The Morgan fingerprint density at radius 1 is 1.53 bits per heavy atom. The van der Waals surface area contributed by atoms with E-state index in [9.17, 15) is 4.79 Å². The van der Waals surface area contributed by atoms with Crippen molar-refractivity contribution in [1.29, 1.82) is 0 Å². The standard InChI is InChI=1S/C15H22N2OS/c1-2-13-11-7-9-19-14(11)6-8-17(13)15(18)10-4-3-5-12(10)16/h7,9-10,12-13H,2-6,8,16H2,1H3. The number of fused-ring (bicyclic) bond motifs is 1. The van der Waals surface area contributed by atoms with E-state index in [-0.39, 0.29) is 18.0 Å². The smallest absolute Gasteiger partial charge is 0.227 e. The SMILES string of the molecule is CCC1c2ccsc2CCN1C(=O)C1CCCC1N. The van der Waals surface area contributed by atoms with Crippen molar-refractivity contribution >= 4 is 17.2 Å². The molecule has 1 fully saturated rings. The second-order valence-corrected chi connectivity index (χ2v) is 6.71. The van der Waals surface area contributed by atoms with Gasteiger partial charge in [0.1, 0.15) is 0 Å². The van der Waals surface area contributed by atoms with E-state index in [1.807, 2.05) is 11.3 Å². The molecular formula is C15H22N2OS. The maximum atomic E-state index is 12.8. The normalized spacial score (nSPS) is 30.4. The Kier molecular flexibility index (Phi) is 3.63. The third-order valence-electron chi connectivity index (χ3n) is 4.65. The fourth-order valence-corrected chi connectivity index (χ4v) is 4.54. The number of rotatable bonds is 2. The average molecular weight is 278 g/mol. The Hall–Kier alpha value is -0.870. The lowest BCUT2D eigenvalue weighted by molar-refractivity contribution is -0.138. The average Bonchev–Trinajstić information content (AvgIpc) is 3.04. The summed E-state index contributed by atoms with van der Waals surface area (Å²) in [5.41, 5.74) is 7.48. The van der Waals surface area contributed by atoms with Crippen molar-refractivity contribution in [2.45, 2.75) is 51.1 Å². The molecule has 0 spiro atoms. The molecule has 1 aromatic rings. The summed E-state index contributed by atoms with van der Waals surface area (Å²) in [5, 5.41) is 2.16. The third-order valence-corrected chi connectivity index (χ3v) is 5.65. The second-order valence-electron chi connectivity index (χ2n) is 5.71. The molecule has 2 heterocycles. The van der Waals surface area contributed by atoms with Gasteiger partial charge in [0.25, 0.3) is 0 Å². The predicted octanol–water partition coefficient (Wildman–Crippen LogP) is 2.71. The first kappa shape index (κ1) is 13.1. The highest BCUT2D eigenvalue weighted by Crippen LogP contribution is 2.37. The molecule has 4 heteroatoms. The number of nitrogens with zero attached hydrogens (tertiary/aromatic N) is 1. The minimum Gasteiger partial charge on any atom is -0.335 e. The molecule has 3 atom stereocenters. The summed E-state index contributed by atoms with van der Waals surface area (Å²) in [7, 11) is 0. The van der Waals surface area contributed by atoms with Crippen LogP contribution in [0.5, 0.6) is 0 Å². The van der Waals surface area contributed by atoms with Crippen molar-refractivity contribution in [2.24, 2.45) is 11.7 Å². The number of hydrogen-bond donors (Lipinski definition) is 1. The van der Waals surface area contributed by atoms with Crippen LogP contribution in [0.25, 0.3) is 0 Å². The number of amides is 1. The molecular weight excluding hydrogens is 256 g/mol. The van der Waals surface area contributed by atoms with Gasteiger partial charge in [-0.2, -0.15) is 0 Å². The summed E-state index contributed by atoms with van der Waals surface area (Å²) in [6, 6.07) is 2.55. The molecule has 2 aliphatic rings. The largest absolute Gasteiger partial charge is 0.335 e. The molecule has 0 radical (unpaired) electrons. The molecule has 3 nitrogen and oxygen atoms in total. The molecule has 1 amide bonds. The molecule has 1 saturated carbocycles. The van der Waals surface area contributed by atoms with E-state index < -0.39 is 0 Å². The maximum Gasteiger partial charge on any atom is 0.227 e. The fraction of sp³-hybridized carbons (Fsp3) is 0.667. The summed E-state index contributed by atoms with van der Waals surface area (Å²) in [6.45, 7) is 3.04. The summed E-state index contributed by atoms with van der Waals surface area (Å²) in [5.74, 6) is 0.364. The van der Waals surface area contributed by atoms with Crippen LogP contribution in [0.15, 0.2) is 11.4 Å². The molecule has 3 unspecified atom stereocenters. The molecule has 1 aliphatic heterocycles. The van der Waals surface area contributed by atoms with Crippen LogP contribution in [0.3, 0.4) is 0 Å². The highest BCUT2D eigenvalue weighted by atomic mass is 32.1. The van der Waals surface area contributed by atoms with E-state index in [2.05, 4.69) is 23.3 Å². The van der Waals surface area contributed by atoms with Crippen molar-refractivity contribution in [2.75, 3.05) is 6.54 Å². The van der Waals surface area contributed by atoms with Gasteiger partial charge < -0.3 is 10.6 Å². The highest BCUT2D eigenvalue weighted by molar-refractivity contribution is 7.10. The Morgan fingerprint density at radius 2 is 2.37 bits per heavy atom. The number of carbonyl (C=O) groups excluding carboxylic acids is 1. The zero-order valence-corrected chi connectivity index (χ0v) is 12.3. The van der Waals surface area contributed by atoms with Crippen molar-refractivity contribution in [3.63, 3.8) is 0 Å². The summed E-state index contributed by atoms with van der Waals surface area (Å²) in [4.78, 5) is 16.3. The minimum atomic E-state index is 0.0641. The summed E-state index contributed by atoms with van der Waals surface area (Å²) >= 11 is 1.83. The molecule has 0 aromatic carbocycles. The van der Waals surface area contributed by atoms with Gasteiger partial charge in [-0.05, 0) is 42.7 Å². The van der Waals surface area contributed by atoms with E-state index in [0.29, 0.717) is 5.91 Å². The van der Waals surface area contributed by atoms with Crippen LogP contribution in [0.1, 0.15) is 49.1 Å². The van der Waals surface area contributed by atoms with Gasteiger partial charge in [0.15, 0.2) is 0 Å². The van der Waals surface area contributed by atoms with E-state index in [1.54, 1.807) is 0 Å². The van der Waals surface area contributed by atoms with Gasteiger partial charge in [0.2, 0.25) is 5.91 Å². The number of hydrogen-bond acceptors (Lipinski definition) is 3. The molecule has 104 valence electrons. The quantitative estimate of drug-likeness (QED) is 0.904. The molecule has 2 N–H and O–H groups in total. The van der Waals surface area contributed by atoms with Gasteiger partial charge in [-0.1, -0.05) is 13.3 Å². The minimum absolute atomic E-state index is 0.0641. The lowest BCUT2D eigenvalue weighted by atomic mass is 9.94. The van der Waals surface area contributed by atoms with Crippen molar-refractivity contribution in [3.8, 4) is 0 Å². The summed E-state index contributed by atoms with van der Waals surface area (Å²) < 4.78 is 0. The molecule has 3 rings (SSSR count). The number of thiophene rings is 1. The van der Waals surface area contributed by atoms with Crippen LogP contribution in [0, 0.1) is 5.92 Å². The van der Waals surface area contributed by atoms with Gasteiger partial charge in [0, 0.05) is 17.5 Å². The number of carbonyl (C=O) groups is 1. The zero-order chi connectivity index (χ0) is 13.4. The van der Waals surface area contributed by atoms with Crippen LogP contribution in [-0.2, 0) is 11.2 Å². The van der Waals surface area contributed by atoms with Gasteiger partial charge in [0.05, 0.1) is 12.0 Å². The lowest BCUT2D eigenvalue weighted by Crippen LogP contribution is -2.45. The predicted molar refractivity (Wildman–Crippen MR) is 78.1 cm³/mol. The molecule has 0 saturated heterocycles. The van der Waals surface area contributed by atoms with E-state index in [1.165, 1.54) is 10.4 Å². The van der Waals surface area contributed by atoms with Crippen molar-refractivity contribution in [3.05, 3.63) is 21.9 Å². The first-order valence-corrected chi connectivity index (χ1v) is 8.22. The Labute approximate surface area is 118 Å². The van der Waals surface area contributed by atoms with Crippen LogP contribution in [0.2, 0.25) is 0 Å². The van der Waals surface area contributed by atoms with Gasteiger partial charge in [-0.3, -0.25) is 4.79 Å². The Balaban J connectivity index is 1.83.